The number of carbonyl (C=O) groups is 1. The van der Waals surface area contributed by atoms with Crippen molar-refractivity contribution in [1.29, 1.82) is 0 Å². The van der Waals surface area contributed by atoms with Crippen LogP contribution in [0.25, 0.3) is 22.5 Å². The van der Waals surface area contributed by atoms with E-state index in [1.165, 1.54) is 0 Å². The first-order valence-corrected chi connectivity index (χ1v) is 9.43. The number of aromatic nitrogens is 4. The van der Waals surface area contributed by atoms with Crippen molar-refractivity contribution in [3.05, 3.63) is 58.7 Å². The van der Waals surface area contributed by atoms with Crippen LogP contribution < -0.4 is 5.32 Å². The van der Waals surface area contributed by atoms with Crippen LogP contribution in [0.5, 0.6) is 0 Å². The van der Waals surface area contributed by atoms with E-state index in [0.717, 1.165) is 16.8 Å². The van der Waals surface area contributed by atoms with Gasteiger partial charge < -0.3 is 14.4 Å². The fraction of sp³-hybridized carbons (Fsp3) is 0.286. The summed E-state index contributed by atoms with van der Waals surface area (Å²) in [6.07, 6.45) is 0.676. The predicted molar refractivity (Wildman–Crippen MR) is 106 cm³/mol. The van der Waals surface area contributed by atoms with E-state index < -0.39 is 6.04 Å². The molecule has 1 amide bonds. The molecule has 1 aromatic carbocycles. The first-order valence-electron chi connectivity index (χ1n) is 9.43. The summed E-state index contributed by atoms with van der Waals surface area (Å²) in [6.45, 7) is 7.55. The van der Waals surface area contributed by atoms with E-state index >= 15 is 0 Å². The predicted octanol–water partition coefficient (Wildman–Crippen LogP) is 3.94. The molecule has 148 valence electrons. The highest BCUT2D eigenvalue weighted by atomic mass is 16.5. The van der Waals surface area contributed by atoms with Crippen molar-refractivity contribution in [1.82, 2.24) is 25.6 Å². The van der Waals surface area contributed by atoms with E-state index in [1.807, 2.05) is 38.1 Å². The number of rotatable bonds is 5. The third-order valence-electron chi connectivity index (χ3n) is 4.71. The highest BCUT2D eigenvalue weighted by molar-refractivity contribution is 6.06. The normalized spacial score (nSPS) is 12.3. The van der Waals surface area contributed by atoms with E-state index in [9.17, 15) is 4.79 Å². The van der Waals surface area contributed by atoms with Gasteiger partial charge in [-0.15, -0.1) is 0 Å². The summed E-state index contributed by atoms with van der Waals surface area (Å²) >= 11 is 0. The average molecular weight is 391 g/mol. The summed E-state index contributed by atoms with van der Waals surface area (Å²) in [5.41, 5.74) is 4.17. The van der Waals surface area contributed by atoms with E-state index in [0.29, 0.717) is 40.5 Å². The van der Waals surface area contributed by atoms with Gasteiger partial charge in [-0.1, -0.05) is 41.0 Å². The Hall–Kier alpha value is -3.55. The van der Waals surface area contributed by atoms with Crippen molar-refractivity contribution in [3.8, 4) is 11.4 Å². The molecule has 4 rings (SSSR count). The molecule has 0 bridgehead atoms. The fourth-order valence-corrected chi connectivity index (χ4v) is 3.15. The number of carbonyl (C=O) groups excluding carboxylic acids is 1. The third-order valence-corrected chi connectivity index (χ3v) is 4.71. The van der Waals surface area contributed by atoms with E-state index in [1.54, 1.807) is 19.9 Å². The standard InChI is InChI=1S/C21H21N5O3/c1-5-15-10-16(17-12(3)25-29-21(17)23-15)19(27)22-13(4)20-24-18(26-28-20)14-8-6-7-11(2)9-14/h6-10,13H,5H2,1-4H3,(H,22,27). The number of fused-ring (bicyclic) bond motifs is 1. The number of benzene rings is 1. The topological polar surface area (TPSA) is 107 Å². The molecular weight excluding hydrogens is 370 g/mol. The van der Waals surface area contributed by atoms with Crippen molar-refractivity contribution in [2.45, 2.75) is 40.2 Å². The van der Waals surface area contributed by atoms with Crippen LogP contribution in [0.2, 0.25) is 0 Å². The molecule has 0 aliphatic heterocycles. The maximum atomic E-state index is 13.0. The van der Waals surface area contributed by atoms with Crippen molar-refractivity contribution >= 4 is 17.0 Å². The molecular formula is C21H21N5O3. The number of hydrogen-bond acceptors (Lipinski definition) is 7. The monoisotopic (exact) mass is 391 g/mol. The maximum absolute atomic E-state index is 13.0. The summed E-state index contributed by atoms with van der Waals surface area (Å²) in [5.74, 6) is 0.540. The van der Waals surface area contributed by atoms with Crippen LogP contribution in [0.3, 0.4) is 0 Å². The van der Waals surface area contributed by atoms with Gasteiger partial charge in [-0.2, -0.15) is 4.98 Å². The van der Waals surface area contributed by atoms with E-state index in [2.05, 4.69) is 25.6 Å². The number of nitrogens with zero attached hydrogens (tertiary/aromatic N) is 4. The summed E-state index contributed by atoms with van der Waals surface area (Å²) in [7, 11) is 0. The Bertz CT molecular complexity index is 1190. The lowest BCUT2D eigenvalue weighted by Crippen LogP contribution is -2.27. The lowest BCUT2D eigenvalue weighted by Gasteiger charge is -2.11. The zero-order valence-electron chi connectivity index (χ0n) is 16.7. The molecule has 29 heavy (non-hydrogen) atoms. The first kappa shape index (κ1) is 18.8. The Morgan fingerprint density at radius 2 is 1.97 bits per heavy atom. The lowest BCUT2D eigenvalue weighted by molar-refractivity contribution is 0.0934. The quantitative estimate of drug-likeness (QED) is 0.549. The smallest absolute Gasteiger partial charge is 0.258 e. The van der Waals surface area contributed by atoms with E-state index in [4.69, 9.17) is 9.05 Å². The molecule has 0 fully saturated rings. The summed E-state index contributed by atoms with van der Waals surface area (Å²) < 4.78 is 10.6. The zero-order valence-corrected chi connectivity index (χ0v) is 16.7. The number of pyridine rings is 1. The Morgan fingerprint density at radius 1 is 1.14 bits per heavy atom. The summed E-state index contributed by atoms with van der Waals surface area (Å²) in [6, 6.07) is 9.13. The van der Waals surface area contributed by atoms with Gasteiger partial charge in [-0.25, -0.2) is 4.98 Å². The third kappa shape index (κ3) is 3.61. The molecule has 0 aliphatic rings. The molecule has 3 aromatic heterocycles. The number of aryl methyl sites for hydroxylation is 3. The molecule has 0 radical (unpaired) electrons. The minimum Gasteiger partial charge on any atom is -0.340 e. The van der Waals surface area contributed by atoms with Gasteiger partial charge in [0.25, 0.3) is 11.6 Å². The molecule has 8 nitrogen and oxygen atoms in total. The molecule has 0 spiro atoms. The van der Waals surface area contributed by atoms with Crippen LogP contribution in [-0.4, -0.2) is 26.2 Å². The van der Waals surface area contributed by atoms with Gasteiger partial charge >= 0.3 is 0 Å². The molecule has 0 saturated carbocycles. The maximum Gasteiger partial charge on any atom is 0.258 e. The van der Waals surface area contributed by atoms with Crippen LogP contribution in [0.1, 0.15) is 53.1 Å². The largest absolute Gasteiger partial charge is 0.340 e. The highest BCUT2D eigenvalue weighted by Gasteiger charge is 2.22. The second-order valence-corrected chi connectivity index (χ2v) is 6.98. The molecule has 4 aromatic rings. The van der Waals surface area contributed by atoms with Crippen molar-refractivity contribution in [3.63, 3.8) is 0 Å². The number of nitrogens with one attached hydrogen (secondary N) is 1. The van der Waals surface area contributed by atoms with Gasteiger partial charge in [0, 0.05) is 11.3 Å². The SMILES string of the molecule is CCc1cc(C(=O)NC(C)c2nc(-c3cccc(C)c3)no2)c2c(C)noc2n1. The molecule has 3 heterocycles. The van der Waals surface area contributed by atoms with Crippen LogP contribution in [-0.2, 0) is 6.42 Å². The van der Waals surface area contributed by atoms with Gasteiger partial charge in [-0.05, 0) is 39.3 Å². The minimum absolute atomic E-state index is 0.277. The van der Waals surface area contributed by atoms with Crippen molar-refractivity contribution in [2.75, 3.05) is 0 Å². The molecule has 1 unspecified atom stereocenters. The molecule has 0 saturated heterocycles. The Kier molecular flexibility index (Phi) is 4.84. The highest BCUT2D eigenvalue weighted by Crippen LogP contribution is 2.24. The van der Waals surface area contributed by atoms with Crippen LogP contribution >= 0.6 is 0 Å². The van der Waals surface area contributed by atoms with Crippen LogP contribution in [0.15, 0.2) is 39.4 Å². The molecule has 0 aliphatic carbocycles. The second kappa shape index (κ2) is 7.46. The fourth-order valence-electron chi connectivity index (χ4n) is 3.15. The lowest BCUT2D eigenvalue weighted by atomic mass is 10.1. The summed E-state index contributed by atoms with van der Waals surface area (Å²) in [4.78, 5) is 21.8. The van der Waals surface area contributed by atoms with Crippen molar-refractivity contribution in [2.24, 2.45) is 0 Å². The van der Waals surface area contributed by atoms with Crippen molar-refractivity contribution < 1.29 is 13.8 Å². The first-order chi connectivity index (χ1) is 14.0. The van der Waals surface area contributed by atoms with Gasteiger partial charge in [-0.3, -0.25) is 4.79 Å². The number of hydrogen-bond donors (Lipinski definition) is 1. The van der Waals surface area contributed by atoms with Gasteiger partial charge in [0.05, 0.1) is 16.6 Å². The van der Waals surface area contributed by atoms with Gasteiger partial charge in [0.1, 0.15) is 6.04 Å². The molecule has 1 atom stereocenters. The Labute approximate surface area is 167 Å². The van der Waals surface area contributed by atoms with E-state index in [-0.39, 0.29) is 5.91 Å². The van der Waals surface area contributed by atoms with Crippen LogP contribution in [0.4, 0.5) is 0 Å². The van der Waals surface area contributed by atoms with Gasteiger partial charge in [0.2, 0.25) is 11.7 Å². The molecule has 1 N–H and O–H groups in total. The van der Waals surface area contributed by atoms with Gasteiger partial charge in [0.15, 0.2) is 0 Å². The van der Waals surface area contributed by atoms with Crippen LogP contribution in [0, 0.1) is 13.8 Å². The molecule has 8 heteroatoms. The Morgan fingerprint density at radius 3 is 2.72 bits per heavy atom. The average Bonchev–Trinajstić information content (AvgIpc) is 3.35. The Balaban J connectivity index is 1.59. The number of amides is 1. The summed E-state index contributed by atoms with van der Waals surface area (Å²) in [5, 5.41) is 11.5. The minimum atomic E-state index is -0.470. The zero-order chi connectivity index (χ0) is 20.5. The second-order valence-electron chi connectivity index (χ2n) is 6.98.